The average Bonchev–Trinajstić information content (AvgIpc) is 2.56. The Morgan fingerprint density at radius 1 is 1.04 bits per heavy atom. The molecule has 0 unspecified atom stereocenters. The lowest BCUT2D eigenvalue weighted by molar-refractivity contribution is 0.0942. The topological polar surface area (TPSA) is 67.4 Å². The van der Waals surface area contributed by atoms with Crippen LogP contribution in [-0.2, 0) is 0 Å². The Bertz CT molecular complexity index is 758. The first-order valence-corrected chi connectivity index (χ1v) is 8.84. The standard InChI is InChI=1S/C19H21BrN2O3/c1-4-25-17-10-7-14(11-16(17)20)19(24)22-15-8-5-13(6-9-15)18(23)21-12(2)3/h5-12H,4H2,1-3H3,(H,21,23)(H,22,24). The van der Waals surface area contributed by atoms with Gasteiger partial charge in [-0.2, -0.15) is 0 Å². The van der Waals surface area contributed by atoms with E-state index in [0.717, 1.165) is 4.47 Å². The molecule has 0 saturated carbocycles. The summed E-state index contributed by atoms with van der Waals surface area (Å²) in [5, 5.41) is 5.64. The first kappa shape index (κ1) is 19.0. The Kier molecular flexibility index (Phi) is 6.58. The third-order valence-electron chi connectivity index (χ3n) is 3.32. The normalized spacial score (nSPS) is 10.4. The molecule has 0 bridgehead atoms. The van der Waals surface area contributed by atoms with Gasteiger partial charge in [-0.1, -0.05) is 0 Å². The summed E-state index contributed by atoms with van der Waals surface area (Å²) in [7, 11) is 0. The molecule has 2 rings (SSSR count). The highest BCUT2D eigenvalue weighted by Crippen LogP contribution is 2.26. The summed E-state index contributed by atoms with van der Waals surface area (Å²) in [5.41, 5.74) is 1.68. The van der Waals surface area contributed by atoms with Crippen LogP contribution in [0.25, 0.3) is 0 Å². The molecular weight excluding hydrogens is 384 g/mol. The van der Waals surface area contributed by atoms with Crippen molar-refractivity contribution in [3.05, 3.63) is 58.1 Å². The van der Waals surface area contributed by atoms with Crippen molar-refractivity contribution in [1.82, 2.24) is 5.32 Å². The van der Waals surface area contributed by atoms with Gasteiger partial charge >= 0.3 is 0 Å². The maximum absolute atomic E-state index is 12.3. The number of carbonyl (C=O) groups excluding carboxylic acids is 2. The minimum Gasteiger partial charge on any atom is -0.493 e. The van der Waals surface area contributed by atoms with Crippen molar-refractivity contribution in [1.29, 1.82) is 0 Å². The minimum atomic E-state index is -0.233. The van der Waals surface area contributed by atoms with Gasteiger partial charge in [-0.3, -0.25) is 9.59 Å². The fourth-order valence-corrected chi connectivity index (χ4v) is 2.66. The second-order valence-electron chi connectivity index (χ2n) is 5.74. The molecule has 0 aliphatic heterocycles. The fraction of sp³-hybridized carbons (Fsp3) is 0.263. The summed E-state index contributed by atoms with van der Waals surface area (Å²) in [6.45, 7) is 6.27. The number of hydrogen-bond donors (Lipinski definition) is 2. The van der Waals surface area contributed by atoms with Gasteiger partial charge in [0.2, 0.25) is 0 Å². The Morgan fingerprint density at radius 2 is 1.68 bits per heavy atom. The van der Waals surface area contributed by atoms with Gasteiger partial charge in [-0.15, -0.1) is 0 Å². The molecule has 25 heavy (non-hydrogen) atoms. The molecular formula is C19H21BrN2O3. The molecule has 0 atom stereocenters. The van der Waals surface area contributed by atoms with Crippen molar-refractivity contribution in [2.24, 2.45) is 0 Å². The minimum absolute atomic E-state index is 0.0741. The van der Waals surface area contributed by atoms with E-state index in [1.807, 2.05) is 20.8 Å². The van der Waals surface area contributed by atoms with E-state index in [0.29, 0.717) is 29.2 Å². The van der Waals surface area contributed by atoms with Gasteiger partial charge in [0, 0.05) is 22.9 Å². The number of anilines is 1. The highest BCUT2D eigenvalue weighted by Gasteiger charge is 2.11. The first-order chi connectivity index (χ1) is 11.9. The molecule has 0 spiro atoms. The second kappa shape index (κ2) is 8.67. The third-order valence-corrected chi connectivity index (χ3v) is 3.94. The lowest BCUT2D eigenvalue weighted by atomic mass is 10.1. The molecule has 0 radical (unpaired) electrons. The van der Waals surface area contributed by atoms with Gasteiger partial charge in [-0.05, 0) is 79.2 Å². The van der Waals surface area contributed by atoms with Crippen LogP contribution in [0, 0.1) is 0 Å². The second-order valence-corrected chi connectivity index (χ2v) is 6.59. The first-order valence-electron chi connectivity index (χ1n) is 8.05. The molecule has 2 aromatic rings. The molecule has 0 heterocycles. The molecule has 6 heteroatoms. The van der Waals surface area contributed by atoms with Gasteiger partial charge in [0.1, 0.15) is 5.75 Å². The highest BCUT2D eigenvalue weighted by atomic mass is 79.9. The number of benzene rings is 2. The number of amides is 2. The van der Waals surface area contributed by atoms with Crippen molar-refractivity contribution in [3.63, 3.8) is 0 Å². The smallest absolute Gasteiger partial charge is 0.255 e. The van der Waals surface area contributed by atoms with Gasteiger partial charge < -0.3 is 15.4 Å². The molecule has 0 saturated heterocycles. The largest absolute Gasteiger partial charge is 0.493 e. The number of rotatable bonds is 6. The number of halogens is 1. The molecule has 0 fully saturated rings. The molecule has 5 nitrogen and oxygen atoms in total. The van der Waals surface area contributed by atoms with Crippen LogP contribution < -0.4 is 15.4 Å². The fourth-order valence-electron chi connectivity index (χ4n) is 2.17. The van der Waals surface area contributed by atoms with Crippen LogP contribution in [0.2, 0.25) is 0 Å². The number of ether oxygens (including phenoxy) is 1. The van der Waals surface area contributed by atoms with Crippen LogP contribution in [0.15, 0.2) is 46.9 Å². The van der Waals surface area contributed by atoms with Crippen LogP contribution in [0.5, 0.6) is 5.75 Å². The summed E-state index contributed by atoms with van der Waals surface area (Å²) >= 11 is 3.40. The van der Waals surface area contributed by atoms with E-state index in [9.17, 15) is 9.59 Å². The van der Waals surface area contributed by atoms with Crippen molar-refractivity contribution >= 4 is 33.4 Å². The zero-order chi connectivity index (χ0) is 18.4. The molecule has 0 aliphatic rings. The molecule has 2 N–H and O–H groups in total. The summed E-state index contributed by atoms with van der Waals surface area (Å²) in [5.74, 6) is 0.325. The van der Waals surface area contributed by atoms with Crippen LogP contribution in [0.4, 0.5) is 5.69 Å². The number of nitrogens with one attached hydrogen (secondary N) is 2. The lowest BCUT2D eigenvalue weighted by Crippen LogP contribution is -2.30. The van der Waals surface area contributed by atoms with E-state index < -0.39 is 0 Å². The maximum Gasteiger partial charge on any atom is 0.255 e. The van der Waals surface area contributed by atoms with Crippen LogP contribution >= 0.6 is 15.9 Å². The van der Waals surface area contributed by atoms with E-state index in [-0.39, 0.29) is 17.9 Å². The summed E-state index contributed by atoms with van der Waals surface area (Å²) in [6, 6.07) is 12.0. The predicted octanol–water partition coefficient (Wildman–Crippen LogP) is 4.24. The van der Waals surface area contributed by atoms with Gasteiger partial charge in [-0.25, -0.2) is 0 Å². The van der Waals surface area contributed by atoms with Crippen molar-refractivity contribution in [2.45, 2.75) is 26.8 Å². The van der Waals surface area contributed by atoms with Gasteiger partial charge in [0.15, 0.2) is 0 Å². The van der Waals surface area contributed by atoms with E-state index in [1.165, 1.54) is 0 Å². The van der Waals surface area contributed by atoms with Gasteiger partial charge in [0.05, 0.1) is 11.1 Å². The average molecular weight is 405 g/mol. The zero-order valence-corrected chi connectivity index (χ0v) is 16.0. The molecule has 0 aromatic heterocycles. The number of carbonyl (C=O) groups is 2. The molecule has 132 valence electrons. The Morgan fingerprint density at radius 3 is 2.24 bits per heavy atom. The van der Waals surface area contributed by atoms with Crippen LogP contribution in [0.3, 0.4) is 0 Å². The predicted molar refractivity (Wildman–Crippen MR) is 102 cm³/mol. The van der Waals surface area contributed by atoms with E-state index >= 15 is 0 Å². The Hall–Kier alpha value is -2.34. The Balaban J connectivity index is 2.05. The summed E-state index contributed by atoms with van der Waals surface area (Å²) < 4.78 is 6.16. The van der Waals surface area contributed by atoms with E-state index in [4.69, 9.17) is 4.74 Å². The molecule has 2 amide bonds. The third kappa shape index (κ3) is 5.32. The van der Waals surface area contributed by atoms with Crippen molar-refractivity contribution in [3.8, 4) is 5.75 Å². The van der Waals surface area contributed by atoms with E-state index in [1.54, 1.807) is 42.5 Å². The van der Waals surface area contributed by atoms with Gasteiger partial charge in [0.25, 0.3) is 11.8 Å². The zero-order valence-electron chi connectivity index (χ0n) is 14.4. The Labute approximate surface area is 155 Å². The highest BCUT2D eigenvalue weighted by molar-refractivity contribution is 9.10. The summed E-state index contributed by atoms with van der Waals surface area (Å²) in [6.07, 6.45) is 0. The number of hydrogen-bond acceptors (Lipinski definition) is 3. The van der Waals surface area contributed by atoms with Crippen molar-refractivity contribution < 1.29 is 14.3 Å². The lowest BCUT2D eigenvalue weighted by Gasteiger charge is -2.10. The SMILES string of the molecule is CCOc1ccc(C(=O)Nc2ccc(C(=O)NC(C)C)cc2)cc1Br. The van der Waals surface area contributed by atoms with E-state index in [2.05, 4.69) is 26.6 Å². The van der Waals surface area contributed by atoms with Crippen LogP contribution in [-0.4, -0.2) is 24.5 Å². The molecule has 0 aliphatic carbocycles. The molecule has 2 aromatic carbocycles. The summed E-state index contributed by atoms with van der Waals surface area (Å²) in [4.78, 5) is 24.3. The van der Waals surface area contributed by atoms with Crippen molar-refractivity contribution in [2.75, 3.05) is 11.9 Å². The van der Waals surface area contributed by atoms with Crippen LogP contribution in [0.1, 0.15) is 41.5 Å². The maximum atomic E-state index is 12.3. The monoisotopic (exact) mass is 404 g/mol. The quantitative estimate of drug-likeness (QED) is 0.756.